The number of aliphatic hydroxyl groups is 1. The highest BCUT2D eigenvalue weighted by atomic mass is 32.1. The highest BCUT2D eigenvalue weighted by Crippen LogP contribution is 2.17. The normalized spacial score (nSPS) is 12.3. The fraction of sp³-hybridized carbons (Fsp3) is 0.214. The van der Waals surface area contributed by atoms with E-state index in [1.165, 1.54) is 11.3 Å². The second kappa shape index (κ2) is 6.47. The molecular formula is C14H16N2O2S. The van der Waals surface area contributed by atoms with E-state index in [1.54, 1.807) is 11.4 Å². The number of amides is 1. The largest absolute Gasteiger partial charge is 0.394 e. The predicted octanol–water partition coefficient (Wildman–Crippen LogP) is 1.67. The third-order valence-electron chi connectivity index (χ3n) is 2.85. The lowest BCUT2D eigenvalue weighted by Crippen LogP contribution is -2.23. The van der Waals surface area contributed by atoms with Gasteiger partial charge in [-0.05, 0) is 11.6 Å². The monoisotopic (exact) mass is 276 g/mol. The SMILES string of the molecule is NC(=O)c1csc(CN[C@H](CO)c2ccccc2)c1. The van der Waals surface area contributed by atoms with E-state index >= 15 is 0 Å². The molecular weight excluding hydrogens is 260 g/mol. The van der Waals surface area contributed by atoms with E-state index in [0.717, 1.165) is 10.4 Å². The molecule has 0 unspecified atom stereocenters. The van der Waals surface area contributed by atoms with Gasteiger partial charge >= 0.3 is 0 Å². The number of carbonyl (C=O) groups is 1. The van der Waals surface area contributed by atoms with Gasteiger partial charge in [0.15, 0.2) is 0 Å². The Bertz CT molecular complexity index is 539. The number of thiophene rings is 1. The smallest absolute Gasteiger partial charge is 0.249 e. The van der Waals surface area contributed by atoms with Crippen LogP contribution < -0.4 is 11.1 Å². The predicted molar refractivity (Wildman–Crippen MR) is 75.9 cm³/mol. The first-order chi connectivity index (χ1) is 9.20. The third-order valence-corrected chi connectivity index (χ3v) is 3.78. The molecule has 2 rings (SSSR count). The molecule has 1 heterocycles. The number of hydrogen-bond acceptors (Lipinski definition) is 4. The summed E-state index contributed by atoms with van der Waals surface area (Å²) in [6.07, 6.45) is 0. The van der Waals surface area contributed by atoms with Gasteiger partial charge in [-0.2, -0.15) is 0 Å². The molecule has 100 valence electrons. The first-order valence-electron chi connectivity index (χ1n) is 5.97. The summed E-state index contributed by atoms with van der Waals surface area (Å²) >= 11 is 1.48. The van der Waals surface area contributed by atoms with Gasteiger partial charge < -0.3 is 16.2 Å². The number of aliphatic hydroxyl groups excluding tert-OH is 1. The van der Waals surface area contributed by atoms with Gasteiger partial charge in [0.2, 0.25) is 5.91 Å². The van der Waals surface area contributed by atoms with Crippen molar-refractivity contribution in [3.8, 4) is 0 Å². The Morgan fingerprint density at radius 1 is 1.37 bits per heavy atom. The zero-order chi connectivity index (χ0) is 13.7. The van der Waals surface area contributed by atoms with Crippen LogP contribution in [-0.4, -0.2) is 17.6 Å². The van der Waals surface area contributed by atoms with Crippen LogP contribution in [0.15, 0.2) is 41.8 Å². The molecule has 19 heavy (non-hydrogen) atoms. The summed E-state index contributed by atoms with van der Waals surface area (Å²) in [6.45, 7) is 0.621. The van der Waals surface area contributed by atoms with E-state index < -0.39 is 5.91 Å². The van der Waals surface area contributed by atoms with Gasteiger partial charge in [-0.3, -0.25) is 4.79 Å². The number of nitrogens with one attached hydrogen (secondary N) is 1. The fourth-order valence-corrected chi connectivity index (χ4v) is 2.62. The first-order valence-corrected chi connectivity index (χ1v) is 6.85. The van der Waals surface area contributed by atoms with E-state index in [2.05, 4.69) is 5.32 Å². The van der Waals surface area contributed by atoms with E-state index in [9.17, 15) is 9.90 Å². The van der Waals surface area contributed by atoms with Gasteiger partial charge in [-0.25, -0.2) is 0 Å². The van der Waals surface area contributed by atoms with Gasteiger partial charge in [-0.15, -0.1) is 11.3 Å². The molecule has 0 aliphatic heterocycles. The zero-order valence-electron chi connectivity index (χ0n) is 10.4. The summed E-state index contributed by atoms with van der Waals surface area (Å²) in [5.74, 6) is -0.413. The molecule has 0 aliphatic carbocycles. The van der Waals surface area contributed by atoms with Crippen LogP contribution in [0.3, 0.4) is 0 Å². The van der Waals surface area contributed by atoms with Crippen molar-refractivity contribution in [2.24, 2.45) is 5.73 Å². The number of carbonyl (C=O) groups excluding carboxylic acids is 1. The summed E-state index contributed by atoms with van der Waals surface area (Å²) in [5, 5.41) is 14.4. The minimum Gasteiger partial charge on any atom is -0.394 e. The van der Waals surface area contributed by atoms with E-state index in [4.69, 9.17) is 5.73 Å². The second-order valence-electron chi connectivity index (χ2n) is 4.19. The Kier molecular flexibility index (Phi) is 4.68. The highest BCUT2D eigenvalue weighted by Gasteiger charge is 2.10. The van der Waals surface area contributed by atoms with E-state index in [0.29, 0.717) is 12.1 Å². The number of benzene rings is 1. The molecule has 0 aliphatic rings. The minimum absolute atomic E-state index is 0.0259. The van der Waals surface area contributed by atoms with Crippen LogP contribution in [0.25, 0.3) is 0 Å². The molecule has 0 saturated heterocycles. The number of primary amides is 1. The van der Waals surface area contributed by atoms with Gasteiger partial charge in [0.05, 0.1) is 18.2 Å². The third kappa shape index (κ3) is 3.64. The van der Waals surface area contributed by atoms with Gasteiger partial charge in [0.25, 0.3) is 0 Å². The van der Waals surface area contributed by atoms with Crippen molar-refractivity contribution in [3.63, 3.8) is 0 Å². The van der Waals surface area contributed by atoms with Crippen molar-refractivity contribution in [3.05, 3.63) is 57.8 Å². The van der Waals surface area contributed by atoms with Crippen molar-refractivity contribution < 1.29 is 9.90 Å². The molecule has 1 aromatic carbocycles. The molecule has 1 amide bonds. The minimum atomic E-state index is -0.413. The first kappa shape index (κ1) is 13.7. The van der Waals surface area contributed by atoms with Crippen molar-refractivity contribution in [2.75, 3.05) is 6.61 Å². The summed E-state index contributed by atoms with van der Waals surface area (Å²) in [6, 6.07) is 11.4. The fourth-order valence-electron chi connectivity index (χ4n) is 1.80. The summed E-state index contributed by atoms with van der Waals surface area (Å²) in [4.78, 5) is 12.0. The number of hydrogen-bond donors (Lipinski definition) is 3. The number of nitrogens with two attached hydrogens (primary N) is 1. The topological polar surface area (TPSA) is 75.4 Å². The van der Waals surface area contributed by atoms with E-state index in [-0.39, 0.29) is 12.6 Å². The second-order valence-corrected chi connectivity index (χ2v) is 5.19. The average Bonchev–Trinajstić information content (AvgIpc) is 2.90. The molecule has 5 heteroatoms. The molecule has 0 spiro atoms. The molecule has 1 atom stereocenters. The van der Waals surface area contributed by atoms with Gasteiger partial charge in [0, 0.05) is 16.8 Å². The summed E-state index contributed by atoms with van der Waals surface area (Å²) in [5.41, 5.74) is 6.78. The van der Waals surface area contributed by atoms with Crippen LogP contribution in [0.2, 0.25) is 0 Å². The highest BCUT2D eigenvalue weighted by molar-refractivity contribution is 7.10. The van der Waals surface area contributed by atoms with Crippen molar-refractivity contribution in [2.45, 2.75) is 12.6 Å². The molecule has 0 fully saturated rings. The Morgan fingerprint density at radius 3 is 2.68 bits per heavy atom. The molecule has 2 aromatic rings. The van der Waals surface area contributed by atoms with Crippen LogP contribution in [0.1, 0.15) is 26.8 Å². The van der Waals surface area contributed by atoms with Crippen LogP contribution in [0, 0.1) is 0 Å². The van der Waals surface area contributed by atoms with Gasteiger partial charge in [0.1, 0.15) is 0 Å². The Morgan fingerprint density at radius 2 is 2.11 bits per heavy atom. The van der Waals surface area contributed by atoms with Crippen molar-refractivity contribution >= 4 is 17.2 Å². The van der Waals surface area contributed by atoms with Crippen molar-refractivity contribution in [1.82, 2.24) is 5.32 Å². The van der Waals surface area contributed by atoms with Crippen LogP contribution in [0.5, 0.6) is 0 Å². The Balaban J connectivity index is 1.98. The molecule has 0 bridgehead atoms. The van der Waals surface area contributed by atoms with Crippen molar-refractivity contribution in [1.29, 1.82) is 0 Å². The molecule has 4 nitrogen and oxygen atoms in total. The van der Waals surface area contributed by atoms with Crippen LogP contribution in [-0.2, 0) is 6.54 Å². The lowest BCUT2D eigenvalue weighted by atomic mass is 10.1. The maximum atomic E-state index is 11.0. The molecule has 0 saturated carbocycles. The molecule has 0 radical (unpaired) electrons. The van der Waals surface area contributed by atoms with Crippen LogP contribution >= 0.6 is 11.3 Å². The summed E-state index contributed by atoms with van der Waals surface area (Å²) < 4.78 is 0. The Labute approximate surface area is 115 Å². The standard InChI is InChI=1S/C14H16N2O2S/c15-14(18)11-6-12(19-9-11)7-16-13(8-17)10-4-2-1-3-5-10/h1-6,9,13,16-17H,7-8H2,(H2,15,18)/t13-/m1/s1. The zero-order valence-corrected chi connectivity index (χ0v) is 11.2. The lowest BCUT2D eigenvalue weighted by Gasteiger charge is -2.15. The van der Waals surface area contributed by atoms with E-state index in [1.807, 2.05) is 30.3 Å². The lowest BCUT2D eigenvalue weighted by molar-refractivity contribution is 0.100. The maximum Gasteiger partial charge on any atom is 0.249 e. The average molecular weight is 276 g/mol. The van der Waals surface area contributed by atoms with Crippen LogP contribution in [0.4, 0.5) is 0 Å². The number of rotatable bonds is 6. The molecule has 1 aromatic heterocycles. The van der Waals surface area contributed by atoms with Gasteiger partial charge in [-0.1, -0.05) is 30.3 Å². The maximum absolute atomic E-state index is 11.0. The molecule has 4 N–H and O–H groups in total. The quantitative estimate of drug-likeness (QED) is 0.751. The Hall–Kier alpha value is -1.69. The summed E-state index contributed by atoms with van der Waals surface area (Å²) in [7, 11) is 0.